The van der Waals surface area contributed by atoms with Gasteiger partial charge in [-0.15, -0.1) is 0 Å². The number of benzene rings is 2. The first-order valence-corrected chi connectivity index (χ1v) is 10.7. The fraction of sp³-hybridized carbons (Fsp3) is 0.333. The topological polar surface area (TPSA) is 119 Å². The third-order valence-electron chi connectivity index (χ3n) is 5.30. The summed E-state index contributed by atoms with van der Waals surface area (Å²) in [5.41, 5.74) is 0.0339. The van der Waals surface area contributed by atoms with Crippen LogP contribution in [0.1, 0.15) is 37.4 Å². The summed E-state index contributed by atoms with van der Waals surface area (Å²) in [7, 11) is 0. The molecule has 1 saturated heterocycles. The molecule has 1 aliphatic heterocycles. The van der Waals surface area contributed by atoms with Crippen LogP contribution in [-0.4, -0.2) is 53.0 Å². The minimum atomic E-state index is -1.10. The maximum atomic E-state index is 13.0. The van der Waals surface area contributed by atoms with E-state index in [1.807, 2.05) is 13.8 Å². The third-order valence-corrected chi connectivity index (χ3v) is 5.30. The van der Waals surface area contributed by atoms with Crippen LogP contribution in [0.2, 0.25) is 0 Å². The van der Waals surface area contributed by atoms with Gasteiger partial charge in [-0.2, -0.15) is 0 Å². The van der Waals surface area contributed by atoms with E-state index < -0.39 is 28.4 Å². The van der Waals surface area contributed by atoms with E-state index in [4.69, 9.17) is 9.47 Å². The second-order valence-corrected chi connectivity index (χ2v) is 7.32. The van der Waals surface area contributed by atoms with Crippen molar-refractivity contribution in [3.63, 3.8) is 0 Å². The quantitative estimate of drug-likeness (QED) is 0.145. The Labute approximate surface area is 191 Å². The van der Waals surface area contributed by atoms with Gasteiger partial charge in [0.25, 0.3) is 17.4 Å². The van der Waals surface area contributed by atoms with Gasteiger partial charge < -0.3 is 19.5 Å². The van der Waals surface area contributed by atoms with Crippen molar-refractivity contribution in [3.8, 4) is 5.75 Å². The monoisotopic (exact) mass is 454 g/mol. The van der Waals surface area contributed by atoms with Crippen molar-refractivity contribution in [2.75, 3.05) is 26.4 Å². The smallest absolute Gasteiger partial charge is 0.295 e. The number of nitro groups is 1. The van der Waals surface area contributed by atoms with Gasteiger partial charge in [-0.3, -0.25) is 19.7 Å². The van der Waals surface area contributed by atoms with Crippen LogP contribution >= 0.6 is 0 Å². The first-order valence-electron chi connectivity index (χ1n) is 10.7. The molecule has 1 N–H and O–H groups in total. The molecule has 0 saturated carbocycles. The summed E-state index contributed by atoms with van der Waals surface area (Å²) in [5.74, 6) is -1.52. The van der Waals surface area contributed by atoms with Gasteiger partial charge in [0.2, 0.25) is 0 Å². The van der Waals surface area contributed by atoms with Gasteiger partial charge >= 0.3 is 0 Å². The van der Waals surface area contributed by atoms with E-state index in [0.717, 1.165) is 0 Å². The standard InChI is InChI=1S/C24H26N2O7/c1-3-32-15-7-14-25-21(18-8-5-6-9-19(18)26(30)31)20(23(28)24(25)29)22(27)16-10-12-17(13-11-16)33-4-2/h5-6,8-13,21,27H,3-4,7,14-15H2,1-2H3/t21-/m0/s1. The number of amides is 1. The molecule has 1 heterocycles. The lowest BCUT2D eigenvalue weighted by Gasteiger charge is -2.25. The van der Waals surface area contributed by atoms with Crippen LogP contribution < -0.4 is 4.74 Å². The van der Waals surface area contributed by atoms with E-state index in [1.54, 1.807) is 30.3 Å². The number of hydrogen-bond acceptors (Lipinski definition) is 7. The minimum Gasteiger partial charge on any atom is -0.507 e. The third kappa shape index (κ3) is 5.04. The Balaban J connectivity index is 2.12. The molecule has 1 amide bonds. The molecule has 33 heavy (non-hydrogen) atoms. The van der Waals surface area contributed by atoms with Gasteiger partial charge in [-0.25, -0.2) is 0 Å². The molecular formula is C24H26N2O7. The number of ketones is 1. The summed E-state index contributed by atoms with van der Waals surface area (Å²) in [6.45, 7) is 5.16. The maximum Gasteiger partial charge on any atom is 0.295 e. The van der Waals surface area contributed by atoms with E-state index in [1.165, 1.54) is 23.1 Å². The fourth-order valence-corrected chi connectivity index (χ4v) is 3.83. The molecule has 0 bridgehead atoms. The molecule has 3 rings (SSSR count). The summed E-state index contributed by atoms with van der Waals surface area (Å²) >= 11 is 0. The minimum absolute atomic E-state index is 0.140. The number of para-hydroxylation sites is 1. The Morgan fingerprint density at radius 1 is 1.09 bits per heavy atom. The predicted molar refractivity (Wildman–Crippen MR) is 121 cm³/mol. The number of hydrogen-bond donors (Lipinski definition) is 1. The van der Waals surface area contributed by atoms with Crippen molar-refractivity contribution in [1.82, 2.24) is 4.90 Å². The van der Waals surface area contributed by atoms with Crippen molar-refractivity contribution < 1.29 is 29.1 Å². The van der Waals surface area contributed by atoms with Crippen LogP contribution in [0.3, 0.4) is 0 Å². The Morgan fingerprint density at radius 3 is 2.42 bits per heavy atom. The van der Waals surface area contributed by atoms with Crippen molar-refractivity contribution >= 4 is 23.1 Å². The Morgan fingerprint density at radius 2 is 1.79 bits per heavy atom. The first kappa shape index (κ1) is 23.9. The number of rotatable bonds is 10. The van der Waals surface area contributed by atoms with Gasteiger partial charge in [0.05, 0.1) is 28.7 Å². The van der Waals surface area contributed by atoms with Gasteiger partial charge in [-0.1, -0.05) is 12.1 Å². The zero-order valence-electron chi connectivity index (χ0n) is 18.5. The first-order chi connectivity index (χ1) is 15.9. The van der Waals surface area contributed by atoms with Crippen molar-refractivity contribution in [1.29, 1.82) is 0 Å². The van der Waals surface area contributed by atoms with Crippen LogP contribution in [0.5, 0.6) is 5.75 Å². The van der Waals surface area contributed by atoms with Crippen LogP contribution in [0, 0.1) is 10.1 Å². The molecule has 1 aliphatic rings. The lowest BCUT2D eigenvalue weighted by Crippen LogP contribution is -2.31. The number of Topliss-reactive ketones (excluding diaryl/α,β-unsaturated/α-hetero) is 1. The molecule has 0 unspecified atom stereocenters. The molecular weight excluding hydrogens is 428 g/mol. The molecule has 0 spiro atoms. The summed E-state index contributed by atoms with van der Waals surface area (Å²) in [4.78, 5) is 38.3. The normalized spacial score (nSPS) is 17.4. The molecule has 9 nitrogen and oxygen atoms in total. The lowest BCUT2D eigenvalue weighted by atomic mass is 9.94. The number of nitro benzene ring substituents is 1. The zero-order chi connectivity index (χ0) is 24.0. The SMILES string of the molecule is CCOCCCN1C(=O)C(=O)C(=C(O)c2ccc(OCC)cc2)[C@@H]1c1ccccc1[N+](=O)[O-]. The molecule has 2 aromatic rings. The summed E-state index contributed by atoms with van der Waals surface area (Å²) in [5, 5.41) is 22.8. The molecule has 2 aromatic carbocycles. The summed E-state index contributed by atoms with van der Waals surface area (Å²) < 4.78 is 10.7. The number of carbonyl (C=O) groups excluding carboxylic acids is 2. The maximum absolute atomic E-state index is 13.0. The van der Waals surface area contributed by atoms with Crippen LogP contribution in [0.25, 0.3) is 5.76 Å². The number of likely N-dealkylation sites (tertiary alicyclic amines) is 1. The average Bonchev–Trinajstić information content (AvgIpc) is 3.07. The van der Waals surface area contributed by atoms with Crippen LogP contribution in [0.15, 0.2) is 54.1 Å². The molecule has 9 heteroatoms. The zero-order valence-corrected chi connectivity index (χ0v) is 18.5. The lowest BCUT2D eigenvalue weighted by molar-refractivity contribution is -0.385. The van der Waals surface area contributed by atoms with Crippen LogP contribution in [-0.2, 0) is 14.3 Å². The number of carbonyl (C=O) groups is 2. The van der Waals surface area contributed by atoms with Gasteiger partial charge in [0.15, 0.2) is 0 Å². The number of aliphatic hydroxyl groups excluding tert-OH is 1. The van der Waals surface area contributed by atoms with E-state index >= 15 is 0 Å². The van der Waals surface area contributed by atoms with E-state index in [9.17, 15) is 24.8 Å². The van der Waals surface area contributed by atoms with Gasteiger partial charge in [-0.05, 0) is 50.6 Å². The van der Waals surface area contributed by atoms with Crippen LogP contribution in [0.4, 0.5) is 5.69 Å². The largest absolute Gasteiger partial charge is 0.507 e. The highest BCUT2D eigenvalue weighted by molar-refractivity contribution is 6.46. The van der Waals surface area contributed by atoms with Crippen molar-refractivity contribution in [2.24, 2.45) is 0 Å². The highest BCUT2D eigenvalue weighted by Crippen LogP contribution is 2.42. The number of nitrogens with zero attached hydrogens (tertiary/aromatic N) is 2. The summed E-state index contributed by atoms with van der Waals surface area (Å²) in [6.07, 6.45) is 0.432. The van der Waals surface area contributed by atoms with E-state index in [2.05, 4.69) is 0 Å². The second kappa shape index (κ2) is 10.7. The highest BCUT2D eigenvalue weighted by atomic mass is 16.6. The van der Waals surface area contributed by atoms with E-state index in [0.29, 0.717) is 37.6 Å². The van der Waals surface area contributed by atoms with Crippen molar-refractivity contribution in [2.45, 2.75) is 26.3 Å². The predicted octanol–water partition coefficient (Wildman–Crippen LogP) is 3.84. The molecule has 0 radical (unpaired) electrons. The molecule has 1 fully saturated rings. The average molecular weight is 454 g/mol. The second-order valence-electron chi connectivity index (χ2n) is 7.32. The Hall–Kier alpha value is -3.72. The Bertz CT molecular complexity index is 1060. The van der Waals surface area contributed by atoms with E-state index in [-0.39, 0.29) is 23.4 Å². The van der Waals surface area contributed by atoms with Crippen molar-refractivity contribution in [3.05, 3.63) is 75.3 Å². The van der Waals surface area contributed by atoms with Gasteiger partial charge in [0, 0.05) is 31.4 Å². The number of ether oxygens (including phenoxy) is 2. The highest BCUT2D eigenvalue weighted by Gasteiger charge is 2.47. The summed E-state index contributed by atoms with van der Waals surface area (Å²) in [6, 6.07) is 11.2. The Kier molecular flexibility index (Phi) is 7.78. The molecule has 174 valence electrons. The number of aliphatic hydroxyl groups is 1. The molecule has 0 aromatic heterocycles. The fourth-order valence-electron chi connectivity index (χ4n) is 3.83. The molecule has 0 aliphatic carbocycles. The molecule has 1 atom stereocenters. The van der Waals surface area contributed by atoms with Gasteiger partial charge in [0.1, 0.15) is 11.5 Å².